The van der Waals surface area contributed by atoms with Crippen LogP contribution in [0.25, 0.3) is 0 Å². The Morgan fingerprint density at radius 3 is 2.80 bits per heavy atom. The van der Waals surface area contributed by atoms with E-state index in [4.69, 9.17) is 5.73 Å². The smallest absolute Gasteiger partial charge is 0.0366 e. The van der Waals surface area contributed by atoms with Crippen molar-refractivity contribution in [1.29, 1.82) is 0 Å². The van der Waals surface area contributed by atoms with Crippen molar-refractivity contribution >= 4 is 5.69 Å². The van der Waals surface area contributed by atoms with Crippen LogP contribution in [0.4, 0.5) is 5.69 Å². The molecule has 2 N–H and O–H groups in total. The summed E-state index contributed by atoms with van der Waals surface area (Å²) in [4.78, 5) is 2.47. The molecule has 0 amide bonds. The zero-order valence-electron chi connectivity index (χ0n) is 9.39. The first-order chi connectivity index (χ1) is 7.25. The normalized spacial score (nSPS) is 23.1. The Labute approximate surface area is 92.1 Å². The predicted octanol–water partition coefficient (Wildman–Crippen LogP) is 2.25. The fraction of sp³-hybridized carbons (Fsp3) is 0.538. The lowest BCUT2D eigenvalue weighted by Gasteiger charge is -2.19. The van der Waals surface area contributed by atoms with E-state index in [1.54, 1.807) is 0 Å². The van der Waals surface area contributed by atoms with E-state index in [0.29, 0.717) is 6.04 Å². The molecule has 2 unspecified atom stereocenters. The lowest BCUT2D eigenvalue weighted by molar-refractivity contribution is 0.485. The maximum Gasteiger partial charge on any atom is 0.0366 e. The van der Waals surface area contributed by atoms with E-state index >= 15 is 0 Å². The molecular formula is C13H20N2. The minimum absolute atomic E-state index is 0.339. The van der Waals surface area contributed by atoms with Crippen LogP contribution in [0.1, 0.15) is 19.8 Å². The molecule has 2 rings (SSSR count). The molecule has 0 saturated carbocycles. The van der Waals surface area contributed by atoms with Gasteiger partial charge in [-0.2, -0.15) is 0 Å². The molecule has 2 heteroatoms. The number of para-hydroxylation sites is 1. The van der Waals surface area contributed by atoms with Gasteiger partial charge in [0.15, 0.2) is 0 Å². The molecule has 82 valence electrons. The van der Waals surface area contributed by atoms with Crippen LogP contribution in [0.15, 0.2) is 30.3 Å². The van der Waals surface area contributed by atoms with Crippen LogP contribution in [0.5, 0.6) is 0 Å². The monoisotopic (exact) mass is 204 g/mol. The Bertz CT molecular complexity index is 295. The molecule has 1 aromatic carbocycles. The second-order valence-electron chi connectivity index (χ2n) is 4.65. The molecule has 1 heterocycles. The summed E-state index contributed by atoms with van der Waals surface area (Å²) in [6.45, 7) is 4.46. The predicted molar refractivity (Wildman–Crippen MR) is 65.0 cm³/mol. The summed E-state index contributed by atoms with van der Waals surface area (Å²) in [5.74, 6) is 0.783. The number of benzene rings is 1. The summed E-state index contributed by atoms with van der Waals surface area (Å²) in [5, 5.41) is 0. The van der Waals surface area contributed by atoms with Crippen molar-refractivity contribution in [2.45, 2.75) is 25.8 Å². The van der Waals surface area contributed by atoms with Crippen LogP contribution in [0.3, 0.4) is 0 Å². The molecule has 0 bridgehead atoms. The molecule has 1 fully saturated rings. The molecule has 1 aromatic rings. The zero-order chi connectivity index (χ0) is 10.7. The van der Waals surface area contributed by atoms with Crippen LogP contribution in [0, 0.1) is 5.92 Å². The van der Waals surface area contributed by atoms with E-state index in [1.807, 2.05) is 0 Å². The highest BCUT2D eigenvalue weighted by Crippen LogP contribution is 2.25. The first-order valence-corrected chi connectivity index (χ1v) is 5.81. The SMILES string of the molecule is CC(N)CC1CCN(c2ccccc2)C1. The van der Waals surface area contributed by atoms with Gasteiger partial charge in [0.1, 0.15) is 0 Å². The van der Waals surface area contributed by atoms with Crippen molar-refractivity contribution in [3.05, 3.63) is 30.3 Å². The average Bonchev–Trinajstić information content (AvgIpc) is 2.67. The Kier molecular flexibility index (Phi) is 3.27. The number of nitrogens with two attached hydrogens (primary N) is 1. The minimum atomic E-state index is 0.339. The second-order valence-corrected chi connectivity index (χ2v) is 4.65. The zero-order valence-corrected chi connectivity index (χ0v) is 9.39. The van der Waals surface area contributed by atoms with E-state index < -0.39 is 0 Å². The van der Waals surface area contributed by atoms with Crippen molar-refractivity contribution in [2.24, 2.45) is 11.7 Å². The summed E-state index contributed by atoms with van der Waals surface area (Å²) in [6.07, 6.45) is 2.44. The number of rotatable bonds is 3. The molecule has 15 heavy (non-hydrogen) atoms. The summed E-state index contributed by atoms with van der Waals surface area (Å²) >= 11 is 0. The third kappa shape index (κ3) is 2.72. The highest BCUT2D eigenvalue weighted by Gasteiger charge is 2.22. The Hall–Kier alpha value is -1.02. The lowest BCUT2D eigenvalue weighted by Crippen LogP contribution is -2.23. The molecule has 0 aromatic heterocycles. The summed E-state index contributed by atoms with van der Waals surface area (Å²) in [6, 6.07) is 11.0. The van der Waals surface area contributed by atoms with Crippen molar-refractivity contribution in [2.75, 3.05) is 18.0 Å². The van der Waals surface area contributed by atoms with Gasteiger partial charge in [0.05, 0.1) is 0 Å². The summed E-state index contributed by atoms with van der Waals surface area (Å²) in [5.41, 5.74) is 7.19. The van der Waals surface area contributed by atoms with Gasteiger partial charge in [-0.3, -0.25) is 0 Å². The quantitative estimate of drug-likeness (QED) is 0.818. The van der Waals surface area contributed by atoms with E-state index in [0.717, 1.165) is 12.3 Å². The fourth-order valence-corrected chi connectivity index (χ4v) is 2.42. The van der Waals surface area contributed by atoms with Gasteiger partial charge >= 0.3 is 0 Å². The maximum absolute atomic E-state index is 5.84. The number of anilines is 1. The van der Waals surface area contributed by atoms with Gasteiger partial charge in [-0.1, -0.05) is 18.2 Å². The van der Waals surface area contributed by atoms with Crippen LogP contribution in [-0.4, -0.2) is 19.1 Å². The van der Waals surface area contributed by atoms with E-state index in [-0.39, 0.29) is 0 Å². The van der Waals surface area contributed by atoms with Gasteiger partial charge in [-0.25, -0.2) is 0 Å². The van der Waals surface area contributed by atoms with E-state index in [1.165, 1.54) is 25.2 Å². The van der Waals surface area contributed by atoms with Crippen LogP contribution in [-0.2, 0) is 0 Å². The van der Waals surface area contributed by atoms with E-state index in [9.17, 15) is 0 Å². The molecule has 0 spiro atoms. The number of nitrogens with zero attached hydrogens (tertiary/aromatic N) is 1. The second kappa shape index (κ2) is 4.67. The largest absolute Gasteiger partial charge is 0.371 e. The van der Waals surface area contributed by atoms with Crippen molar-refractivity contribution < 1.29 is 0 Å². The van der Waals surface area contributed by atoms with Gasteiger partial charge in [-0.05, 0) is 37.8 Å². The standard InChI is InChI=1S/C13H20N2/c1-11(14)9-12-7-8-15(10-12)13-5-3-2-4-6-13/h2-6,11-12H,7-10,14H2,1H3. The molecule has 0 radical (unpaired) electrons. The van der Waals surface area contributed by atoms with Gasteiger partial charge < -0.3 is 10.6 Å². The molecule has 1 aliphatic rings. The van der Waals surface area contributed by atoms with Gasteiger partial charge in [-0.15, -0.1) is 0 Å². The molecule has 2 atom stereocenters. The first kappa shape index (κ1) is 10.5. The third-order valence-electron chi connectivity index (χ3n) is 3.11. The maximum atomic E-state index is 5.84. The third-order valence-corrected chi connectivity index (χ3v) is 3.11. The van der Waals surface area contributed by atoms with Gasteiger partial charge in [0, 0.05) is 24.8 Å². The Morgan fingerprint density at radius 2 is 2.13 bits per heavy atom. The van der Waals surface area contributed by atoms with Gasteiger partial charge in [0.25, 0.3) is 0 Å². The molecule has 2 nitrogen and oxygen atoms in total. The Morgan fingerprint density at radius 1 is 1.40 bits per heavy atom. The molecule has 1 aliphatic heterocycles. The van der Waals surface area contributed by atoms with Crippen LogP contribution < -0.4 is 10.6 Å². The van der Waals surface area contributed by atoms with Crippen molar-refractivity contribution in [3.63, 3.8) is 0 Å². The molecule has 1 saturated heterocycles. The Balaban J connectivity index is 1.93. The number of hydrogen-bond donors (Lipinski definition) is 1. The topological polar surface area (TPSA) is 29.3 Å². The summed E-state index contributed by atoms with van der Waals surface area (Å²) in [7, 11) is 0. The first-order valence-electron chi connectivity index (χ1n) is 5.81. The minimum Gasteiger partial charge on any atom is -0.371 e. The average molecular weight is 204 g/mol. The van der Waals surface area contributed by atoms with Crippen LogP contribution >= 0.6 is 0 Å². The van der Waals surface area contributed by atoms with Crippen LogP contribution in [0.2, 0.25) is 0 Å². The highest BCUT2D eigenvalue weighted by molar-refractivity contribution is 5.46. The molecule has 0 aliphatic carbocycles. The lowest BCUT2D eigenvalue weighted by atomic mass is 10.0. The summed E-state index contributed by atoms with van der Waals surface area (Å²) < 4.78 is 0. The van der Waals surface area contributed by atoms with Crippen molar-refractivity contribution in [1.82, 2.24) is 0 Å². The van der Waals surface area contributed by atoms with E-state index in [2.05, 4.69) is 42.2 Å². The molecular weight excluding hydrogens is 184 g/mol. The fourth-order valence-electron chi connectivity index (χ4n) is 2.42. The van der Waals surface area contributed by atoms with Crippen molar-refractivity contribution in [3.8, 4) is 0 Å². The highest BCUT2D eigenvalue weighted by atomic mass is 15.1. The number of hydrogen-bond acceptors (Lipinski definition) is 2. The van der Waals surface area contributed by atoms with Gasteiger partial charge in [0.2, 0.25) is 0 Å².